The van der Waals surface area contributed by atoms with E-state index in [2.05, 4.69) is 4.90 Å². The maximum absolute atomic E-state index is 12.7. The highest BCUT2D eigenvalue weighted by atomic mass is 16.6. The molecule has 27 heavy (non-hydrogen) atoms. The number of aromatic hydroxyl groups is 1. The van der Waals surface area contributed by atoms with E-state index < -0.39 is 16.4 Å². The van der Waals surface area contributed by atoms with E-state index in [0.717, 1.165) is 36.5 Å². The monoisotopic (exact) mass is 371 g/mol. The number of phenolic OH excluding ortho intramolecular Hbond substituents is 1. The zero-order chi connectivity index (χ0) is 19.4. The lowest BCUT2D eigenvalue weighted by atomic mass is 10.1. The second kappa shape index (κ2) is 8.05. The van der Waals surface area contributed by atoms with Crippen LogP contribution >= 0.6 is 0 Å². The van der Waals surface area contributed by atoms with Gasteiger partial charge in [-0.25, -0.2) is 0 Å². The molecule has 1 aliphatic heterocycles. The van der Waals surface area contributed by atoms with Gasteiger partial charge in [0.05, 0.1) is 18.1 Å². The van der Waals surface area contributed by atoms with Crippen molar-refractivity contribution in [3.8, 4) is 5.75 Å². The predicted molar refractivity (Wildman–Crippen MR) is 100 cm³/mol. The number of nitro groups is 1. The first kappa shape index (κ1) is 18.7. The molecule has 1 amide bonds. The summed E-state index contributed by atoms with van der Waals surface area (Å²) in [4.78, 5) is 26.6. The van der Waals surface area contributed by atoms with E-state index in [0.29, 0.717) is 19.8 Å². The Morgan fingerprint density at radius 3 is 2.63 bits per heavy atom. The van der Waals surface area contributed by atoms with E-state index in [-0.39, 0.29) is 11.5 Å². The van der Waals surface area contributed by atoms with Gasteiger partial charge in [-0.2, -0.15) is 0 Å². The maximum atomic E-state index is 12.7. The summed E-state index contributed by atoms with van der Waals surface area (Å²) in [7, 11) is 1.66. The van der Waals surface area contributed by atoms with Crippen LogP contribution in [-0.2, 0) is 11.3 Å². The van der Waals surface area contributed by atoms with Crippen LogP contribution in [0, 0.1) is 10.1 Å². The van der Waals surface area contributed by atoms with Crippen LogP contribution in [0.1, 0.15) is 15.9 Å². The van der Waals surface area contributed by atoms with Gasteiger partial charge in [0.25, 0.3) is 5.91 Å². The summed E-state index contributed by atoms with van der Waals surface area (Å²) in [5.41, 5.74) is 1.84. The number of rotatable bonds is 5. The van der Waals surface area contributed by atoms with Crippen molar-refractivity contribution in [2.24, 2.45) is 0 Å². The smallest absolute Gasteiger partial charge is 0.310 e. The normalized spacial score (nSPS) is 14.0. The molecule has 0 unspecified atom stereocenters. The molecule has 0 atom stereocenters. The highest BCUT2D eigenvalue weighted by molar-refractivity contribution is 5.95. The Morgan fingerprint density at radius 1 is 1.26 bits per heavy atom. The van der Waals surface area contributed by atoms with E-state index >= 15 is 0 Å². The molecule has 8 nitrogen and oxygen atoms in total. The highest BCUT2D eigenvalue weighted by Gasteiger charge is 2.20. The lowest BCUT2D eigenvalue weighted by Crippen LogP contribution is -2.37. The van der Waals surface area contributed by atoms with Gasteiger partial charge in [0, 0.05) is 44.0 Å². The number of ether oxygens (including phenoxy) is 1. The fourth-order valence-electron chi connectivity index (χ4n) is 3.12. The van der Waals surface area contributed by atoms with E-state index in [9.17, 15) is 20.0 Å². The molecular formula is C19H21N3O5. The van der Waals surface area contributed by atoms with Crippen LogP contribution in [0.25, 0.3) is 0 Å². The van der Waals surface area contributed by atoms with Gasteiger partial charge in [-0.1, -0.05) is 18.2 Å². The van der Waals surface area contributed by atoms with E-state index in [1.807, 2.05) is 24.3 Å². The molecule has 2 aromatic carbocycles. The molecule has 3 rings (SSSR count). The standard InChI is InChI=1S/C19H21N3O5/c1-20(19(24)14-6-7-17(22(25)26)18(23)12-14)13-15-4-2-3-5-16(15)21-8-10-27-11-9-21/h2-7,12,23H,8-11,13H2,1H3. The molecular weight excluding hydrogens is 350 g/mol. The van der Waals surface area contributed by atoms with Crippen LogP contribution in [0.15, 0.2) is 42.5 Å². The SMILES string of the molecule is CN(Cc1ccccc1N1CCOCC1)C(=O)c1ccc([N+](=O)[O-])c(O)c1. The Kier molecular flexibility index (Phi) is 5.56. The molecule has 142 valence electrons. The Hall–Kier alpha value is -3.13. The number of morpholine rings is 1. The first-order valence-corrected chi connectivity index (χ1v) is 8.61. The largest absolute Gasteiger partial charge is 0.502 e. The number of carbonyl (C=O) groups is 1. The fourth-order valence-corrected chi connectivity index (χ4v) is 3.12. The highest BCUT2D eigenvalue weighted by Crippen LogP contribution is 2.27. The second-order valence-corrected chi connectivity index (χ2v) is 6.35. The summed E-state index contributed by atoms with van der Waals surface area (Å²) in [5.74, 6) is -0.843. The fraction of sp³-hybridized carbons (Fsp3) is 0.316. The molecule has 0 spiro atoms. The van der Waals surface area contributed by atoms with Gasteiger partial charge in [0.1, 0.15) is 0 Å². The van der Waals surface area contributed by atoms with Crippen molar-refractivity contribution >= 4 is 17.3 Å². The van der Waals surface area contributed by atoms with E-state index in [1.54, 1.807) is 7.05 Å². The Morgan fingerprint density at radius 2 is 1.96 bits per heavy atom. The van der Waals surface area contributed by atoms with Crippen molar-refractivity contribution in [2.45, 2.75) is 6.54 Å². The molecule has 0 aromatic heterocycles. The zero-order valence-corrected chi connectivity index (χ0v) is 15.0. The van der Waals surface area contributed by atoms with Crippen molar-refractivity contribution < 1.29 is 19.6 Å². The summed E-state index contributed by atoms with van der Waals surface area (Å²) in [6, 6.07) is 11.5. The lowest BCUT2D eigenvalue weighted by molar-refractivity contribution is -0.385. The third-order valence-corrected chi connectivity index (χ3v) is 4.52. The number of hydrogen-bond donors (Lipinski definition) is 1. The molecule has 1 aliphatic rings. The van der Waals surface area contributed by atoms with Crippen LogP contribution in [0.4, 0.5) is 11.4 Å². The Balaban J connectivity index is 1.77. The summed E-state index contributed by atoms with van der Waals surface area (Å²) < 4.78 is 5.40. The van der Waals surface area contributed by atoms with Gasteiger partial charge >= 0.3 is 5.69 Å². The molecule has 1 fully saturated rings. The lowest BCUT2D eigenvalue weighted by Gasteiger charge is -2.31. The van der Waals surface area contributed by atoms with Crippen LogP contribution in [0.3, 0.4) is 0 Å². The van der Waals surface area contributed by atoms with Gasteiger partial charge in [-0.15, -0.1) is 0 Å². The number of nitrogens with zero attached hydrogens (tertiary/aromatic N) is 3. The zero-order valence-electron chi connectivity index (χ0n) is 15.0. The van der Waals surface area contributed by atoms with Gasteiger partial charge in [-0.3, -0.25) is 14.9 Å². The molecule has 2 aromatic rings. The average molecular weight is 371 g/mol. The predicted octanol–water partition coefficient (Wildman–Crippen LogP) is 2.41. The number of amides is 1. The first-order chi connectivity index (χ1) is 13.0. The molecule has 1 N–H and O–H groups in total. The molecule has 0 bridgehead atoms. The minimum atomic E-state index is -0.689. The topological polar surface area (TPSA) is 96.2 Å². The third kappa shape index (κ3) is 4.17. The van der Waals surface area contributed by atoms with E-state index in [1.165, 1.54) is 11.0 Å². The quantitative estimate of drug-likeness (QED) is 0.640. The van der Waals surface area contributed by atoms with Crippen LogP contribution in [0.5, 0.6) is 5.75 Å². The summed E-state index contributed by atoms with van der Waals surface area (Å²) in [6.45, 7) is 3.32. The van der Waals surface area contributed by atoms with Crippen LogP contribution in [-0.4, -0.2) is 54.2 Å². The minimum Gasteiger partial charge on any atom is -0.502 e. The Labute approximate surface area is 156 Å². The molecule has 8 heteroatoms. The average Bonchev–Trinajstić information content (AvgIpc) is 2.68. The van der Waals surface area contributed by atoms with Crippen molar-refractivity contribution in [3.05, 3.63) is 63.7 Å². The van der Waals surface area contributed by atoms with Gasteiger partial charge < -0.3 is 19.6 Å². The van der Waals surface area contributed by atoms with Crippen molar-refractivity contribution in [3.63, 3.8) is 0 Å². The number of para-hydroxylation sites is 1. The number of anilines is 1. The summed E-state index contributed by atoms with van der Waals surface area (Å²) in [6.07, 6.45) is 0. The number of hydrogen-bond acceptors (Lipinski definition) is 6. The summed E-state index contributed by atoms with van der Waals surface area (Å²) in [5, 5.41) is 20.6. The molecule has 1 heterocycles. The van der Waals surface area contributed by atoms with Gasteiger partial charge in [0.2, 0.25) is 0 Å². The summed E-state index contributed by atoms with van der Waals surface area (Å²) >= 11 is 0. The number of carbonyl (C=O) groups excluding carboxylic acids is 1. The minimum absolute atomic E-state index is 0.199. The maximum Gasteiger partial charge on any atom is 0.310 e. The number of nitro benzene ring substituents is 1. The van der Waals surface area contributed by atoms with E-state index in [4.69, 9.17) is 4.74 Å². The molecule has 0 aliphatic carbocycles. The van der Waals surface area contributed by atoms with Crippen molar-refractivity contribution in [1.82, 2.24) is 4.90 Å². The third-order valence-electron chi connectivity index (χ3n) is 4.52. The number of phenols is 1. The van der Waals surface area contributed by atoms with Crippen LogP contribution in [0.2, 0.25) is 0 Å². The molecule has 0 saturated carbocycles. The van der Waals surface area contributed by atoms with Gasteiger partial charge in [0.15, 0.2) is 5.75 Å². The molecule has 0 radical (unpaired) electrons. The van der Waals surface area contributed by atoms with Crippen molar-refractivity contribution in [2.75, 3.05) is 38.3 Å². The van der Waals surface area contributed by atoms with Gasteiger partial charge in [-0.05, 0) is 23.8 Å². The number of benzene rings is 2. The van der Waals surface area contributed by atoms with Crippen molar-refractivity contribution in [1.29, 1.82) is 0 Å². The first-order valence-electron chi connectivity index (χ1n) is 8.61. The second-order valence-electron chi connectivity index (χ2n) is 6.35. The molecule has 1 saturated heterocycles. The van der Waals surface area contributed by atoms with Crippen LogP contribution < -0.4 is 4.90 Å². The Bertz CT molecular complexity index is 849.